The Bertz CT molecular complexity index is 435. The van der Waals surface area contributed by atoms with Crippen LogP contribution in [0.1, 0.15) is 25.3 Å². The minimum absolute atomic E-state index is 0.136. The van der Waals surface area contributed by atoms with Crippen molar-refractivity contribution in [2.45, 2.75) is 38.3 Å². The maximum atomic E-state index is 12.9. The second-order valence-electron chi connectivity index (χ2n) is 5.70. The van der Waals surface area contributed by atoms with Crippen LogP contribution in [-0.2, 0) is 11.2 Å². The summed E-state index contributed by atoms with van der Waals surface area (Å²) < 4.78 is 12.9. The summed E-state index contributed by atoms with van der Waals surface area (Å²) in [5.74, 6) is 0.289. The number of aliphatic hydroxyl groups is 1. The summed E-state index contributed by atoms with van der Waals surface area (Å²) >= 11 is 0. The van der Waals surface area contributed by atoms with Crippen molar-refractivity contribution in [3.63, 3.8) is 0 Å². The number of aliphatic hydroxyl groups excluding tert-OH is 1. The number of piperidine rings is 1. The first kappa shape index (κ1) is 15.1. The van der Waals surface area contributed by atoms with E-state index in [1.165, 1.54) is 12.1 Å². The molecule has 3 nitrogen and oxygen atoms in total. The van der Waals surface area contributed by atoms with Crippen molar-refractivity contribution in [2.24, 2.45) is 5.92 Å². The molecule has 0 radical (unpaired) electrons. The Labute approximate surface area is 119 Å². The van der Waals surface area contributed by atoms with Gasteiger partial charge in [-0.05, 0) is 56.3 Å². The third-order valence-corrected chi connectivity index (χ3v) is 4.20. The molecule has 20 heavy (non-hydrogen) atoms. The van der Waals surface area contributed by atoms with Crippen molar-refractivity contribution in [1.29, 1.82) is 0 Å². The monoisotopic (exact) mass is 279 g/mol. The van der Waals surface area contributed by atoms with Crippen LogP contribution in [0, 0.1) is 11.7 Å². The molecule has 1 aliphatic rings. The average Bonchev–Trinajstić information content (AvgIpc) is 2.48. The molecule has 0 amide bonds. The highest BCUT2D eigenvalue weighted by Gasteiger charge is 2.27. The predicted molar refractivity (Wildman–Crippen MR) is 75.9 cm³/mol. The number of carbonyl (C=O) groups excluding carboxylic acids is 1. The van der Waals surface area contributed by atoms with Crippen LogP contribution in [0.2, 0.25) is 0 Å². The Morgan fingerprint density at radius 3 is 2.80 bits per heavy atom. The van der Waals surface area contributed by atoms with E-state index >= 15 is 0 Å². The summed E-state index contributed by atoms with van der Waals surface area (Å²) in [6.07, 6.45) is 2.81. The van der Waals surface area contributed by atoms with Gasteiger partial charge >= 0.3 is 0 Å². The highest BCUT2D eigenvalue weighted by molar-refractivity contribution is 5.56. The molecular weight excluding hydrogens is 257 g/mol. The first-order valence-electron chi connectivity index (χ1n) is 7.22. The van der Waals surface area contributed by atoms with Gasteiger partial charge in [0.1, 0.15) is 18.2 Å². The Morgan fingerprint density at radius 1 is 1.45 bits per heavy atom. The fraction of sp³-hybridized carbons (Fsp3) is 0.562. The minimum Gasteiger partial charge on any atom is -0.384 e. The molecule has 0 bridgehead atoms. The van der Waals surface area contributed by atoms with E-state index in [2.05, 4.69) is 4.90 Å². The van der Waals surface area contributed by atoms with Crippen molar-refractivity contribution >= 4 is 6.29 Å². The topological polar surface area (TPSA) is 40.5 Å². The third-order valence-electron chi connectivity index (χ3n) is 4.20. The molecular formula is C16H22FNO2. The van der Waals surface area contributed by atoms with Gasteiger partial charge in [0.2, 0.25) is 0 Å². The Kier molecular flexibility index (Phi) is 5.26. The molecule has 0 aromatic heterocycles. The number of rotatable bonds is 5. The molecule has 0 aliphatic carbocycles. The summed E-state index contributed by atoms with van der Waals surface area (Å²) in [5.41, 5.74) is 1.14. The summed E-state index contributed by atoms with van der Waals surface area (Å²) in [5, 5.41) is 9.63. The van der Waals surface area contributed by atoms with Crippen LogP contribution in [0.4, 0.5) is 4.39 Å². The van der Waals surface area contributed by atoms with Crippen molar-refractivity contribution in [3.05, 3.63) is 35.6 Å². The van der Waals surface area contributed by atoms with Crippen LogP contribution >= 0.6 is 0 Å². The molecule has 0 saturated carbocycles. The zero-order valence-corrected chi connectivity index (χ0v) is 11.8. The molecule has 1 aromatic rings. The first-order valence-corrected chi connectivity index (χ1v) is 7.22. The van der Waals surface area contributed by atoms with Gasteiger partial charge in [-0.25, -0.2) is 4.39 Å². The summed E-state index contributed by atoms with van der Waals surface area (Å²) in [6, 6.07) is 6.52. The number of carbonyl (C=O) groups is 1. The lowest BCUT2D eigenvalue weighted by atomic mass is 9.90. The molecule has 1 saturated heterocycles. The molecule has 1 aromatic carbocycles. The van der Waals surface area contributed by atoms with Gasteiger partial charge < -0.3 is 9.90 Å². The maximum absolute atomic E-state index is 12.9. The highest BCUT2D eigenvalue weighted by atomic mass is 19.1. The van der Waals surface area contributed by atoms with Gasteiger partial charge in [0.15, 0.2) is 0 Å². The molecule has 1 fully saturated rings. The number of aldehydes is 1. The van der Waals surface area contributed by atoms with E-state index in [9.17, 15) is 14.3 Å². The van der Waals surface area contributed by atoms with Crippen molar-refractivity contribution in [1.82, 2.24) is 4.90 Å². The Hall–Kier alpha value is -1.26. The molecule has 1 aliphatic heterocycles. The lowest BCUT2D eigenvalue weighted by Gasteiger charge is -2.37. The lowest BCUT2D eigenvalue weighted by molar-refractivity contribution is -0.118. The molecule has 1 heterocycles. The number of hydrogen-bond acceptors (Lipinski definition) is 3. The maximum Gasteiger partial charge on any atom is 0.150 e. The van der Waals surface area contributed by atoms with Crippen LogP contribution in [0.15, 0.2) is 24.3 Å². The SMILES string of the molecule is C[C@@H](C(O)C=O)N1CCCC(Cc2ccc(F)cc2)C1. The van der Waals surface area contributed by atoms with Gasteiger partial charge in [0.05, 0.1) is 0 Å². The quantitative estimate of drug-likeness (QED) is 0.838. The molecule has 110 valence electrons. The minimum atomic E-state index is -0.917. The third kappa shape index (κ3) is 3.87. The lowest BCUT2D eigenvalue weighted by Crippen LogP contribution is -2.47. The van der Waals surface area contributed by atoms with Crippen molar-refractivity contribution in [3.8, 4) is 0 Å². The average molecular weight is 279 g/mol. The van der Waals surface area contributed by atoms with Gasteiger partial charge in [-0.15, -0.1) is 0 Å². The fourth-order valence-corrected chi connectivity index (χ4v) is 2.92. The Balaban J connectivity index is 1.93. The van der Waals surface area contributed by atoms with E-state index in [0.717, 1.165) is 37.9 Å². The van der Waals surface area contributed by atoms with E-state index in [0.29, 0.717) is 12.2 Å². The zero-order chi connectivity index (χ0) is 14.5. The summed E-state index contributed by atoms with van der Waals surface area (Å²) in [6.45, 7) is 3.69. The summed E-state index contributed by atoms with van der Waals surface area (Å²) in [7, 11) is 0. The van der Waals surface area contributed by atoms with Crippen LogP contribution in [0.3, 0.4) is 0 Å². The molecule has 4 heteroatoms. The number of likely N-dealkylation sites (tertiary alicyclic amines) is 1. The van der Waals surface area contributed by atoms with E-state index in [1.807, 2.05) is 19.1 Å². The molecule has 2 unspecified atom stereocenters. The first-order chi connectivity index (χ1) is 9.60. The predicted octanol–water partition coefficient (Wildman–Crippen LogP) is 2.03. The molecule has 2 rings (SSSR count). The zero-order valence-electron chi connectivity index (χ0n) is 11.8. The van der Waals surface area contributed by atoms with E-state index in [1.54, 1.807) is 0 Å². The summed E-state index contributed by atoms with van der Waals surface area (Å²) in [4.78, 5) is 12.9. The normalized spacial score (nSPS) is 23.2. The standard InChI is InChI=1S/C16H22FNO2/c1-12(16(20)11-19)18-8-2-3-14(10-18)9-13-4-6-15(17)7-5-13/h4-7,11-12,14,16,20H,2-3,8-10H2,1H3/t12-,14?,16?/m0/s1. The second-order valence-corrected chi connectivity index (χ2v) is 5.70. The molecule has 0 spiro atoms. The number of halogens is 1. The van der Waals surface area contributed by atoms with Gasteiger partial charge in [-0.1, -0.05) is 12.1 Å². The molecule has 3 atom stereocenters. The van der Waals surface area contributed by atoms with Crippen LogP contribution in [0.5, 0.6) is 0 Å². The number of hydrogen-bond donors (Lipinski definition) is 1. The largest absolute Gasteiger partial charge is 0.384 e. The van der Waals surface area contributed by atoms with E-state index in [4.69, 9.17) is 0 Å². The van der Waals surface area contributed by atoms with Gasteiger partial charge in [0, 0.05) is 12.6 Å². The number of nitrogens with zero attached hydrogens (tertiary/aromatic N) is 1. The van der Waals surface area contributed by atoms with Gasteiger partial charge in [0.25, 0.3) is 0 Å². The van der Waals surface area contributed by atoms with Crippen molar-refractivity contribution < 1.29 is 14.3 Å². The second kappa shape index (κ2) is 6.95. The van der Waals surface area contributed by atoms with Crippen LogP contribution in [0.25, 0.3) is 0 Å². The van der Waals surface area contributed by atoms with Crippen LogP contribution < -0.4 is 0 Å². The van der Waals surface area contributed by atoms with Gasteiger partial charge in [-0.2, -0.15) is 0 Å². The molecule has 1 N–H and O–H groups in total. The van der Waals surface area contributed by atoms with Crippen molar-refractivity contribution in [2.75, 3.05) is 13.1 Å². The van der Waals surface area contributed by atoms with Crippen LogP contribution in [-0.4, -0.2) is 41.5 Å². The number of benzene rings is 1. The Morgan fingerprint density at radius 2 is 2.15 bits per heavy atom. The van der Waals surface area contributed by atoms with E-state index < -0.39 is 6.10 Å². The van der Waals surface area contributed by atoms with Gasteiger partial charge in [-0.3, -0.25) is 4.90 Å². The van der Waals surface area contributed by atoms with E-state index in [-0.39, 0.29) is 11.9 Å². The highest BCUT2D eigenvalue weighted by Crippen LogP contribution is 2.23. The fourth-order valence-electron chi connectivity index (χ4n) is 2.92. The smallest absolute Gasteiger partial charge is 0.150 e.